The summed E-state index contributed by atoms with van der Waals surface area (Å²) in [5, 5.41) is 0.786. The Balaban J connectivity index is 1.48. The number of aromatic nitrogens is 1. The number of thiazole rings is 1. The summed E-state index contributed by atoms with van der Waals surface area (Å²) in [6.45, 7) is 6.91. The van der Waals surface area contributed by atoms with Crippen molar-refractivity contribution in [3.05, 3.63) is 54.1 Å². The van der Waals surface area contributed by atoms with Gasteiger partial charge in [0.2, 0.25) is 5.91 Å². The standard InChI is InChI=1S/C22H25N3O2S2/c1-17-6-8-18(9-7-17)28-16-21(26)25(11-10-24-12-14-27-15-13-24)22-23-19-4-2-3-5-20(19)29-22/h2-9H,10-16H2,1H3. The Morgan fingerprint density at radius 2 is 1.93 bits per heavy atom. The predicted octanol–water partition coefficient (Wildman–Crippen LogP) is 4.06. The van der Waals surface area contributed by atoms with E-state index in [0.29, 0.717) is 12.3 Å². The van der Waals surface area contributed by atoms with Crippen molar-refractivity contribution in [2.45, 2.75) is 11.8 Å². The number of thioether (sulfide) groups is 1. The summed E-state index contributed by atoms with van der Waals surface area (Å²) >= 11 is 3.17. The zero-order valence-electron chi connectivity index (χ0n) is 16.5. The molecule has 4 rings (SSSR count). The maximum Gasteiger partial charge on any atom is 0.239 e. The topological polar surface area (TPSA) is 45.7 Å². The Hall–Kier alpha value is -1.93. The van der Waals surface area contributed by atoms with Crippen molar-refractivity contribution in [1.82, 2.24) is 9.88 Å². The van der Waals surface area contributed by atoms with Gasteiger partial charge in [-0.2, -0.15) is 0 Å². The zero-order chi connectivity index (χ0) is 20.1. The number of benzene rings is 2. The number of hydrogen-bond donors (Lipinski definition) is 0. The van der Waals surface area contributed by atoms with Gasteiger partial charge in [0.25, 0.3) is 0 Å². The van der Waals surface area contributed by atoms with Crippen molar-refractivity contribution < 1.29 is 9.53 Å². The van der Waals surface area contributed by atoms with Crippen LogP contribution in [0.2, 0.25) is 0 Å². The molecule has 0 N–H and O–H groups in total. The summed E-state index contributed by atoms with van der Waals surface area (Å²) in [7, 11) is 0. The van der Waals surface area contributed by atoms with Crippen LogP contribution in [0.25, 0.3) is 10.2 Å². The smallest absolute Gasteiger partial charge is 0.239 e. The summed E-state index contributed by atoms with van der Waals surface area (Å²) in [4.78, 5) is 23.2. The molecule has 1 saturated heterocycles. The van der Waals surface area contributed by atoms with Crippen molar-refractivity contribution in [2.75, 3.05) is 50.0 Å². The van der Waals surface area contributed by atoms with Gasteiger partial charge in [0, 0.05) is 31.1 Å². The van der Waals surface area contributed by atoms with E-state index in [1.165, 1.54) is 5.56 Å². The highest BCUT2D eigenvalue weighted by atomic mass is 32.2. The molecule has 1 aliphatic rings. The fourth-order valence-corrected chi connectivity index (χ4v) is 5.01. The molecule has 0 aliphatic carbocycles. The first-order chi connectivity index (χ1) is 14.2. The van der Waals surface area contributed by atoms with Gasteiger partial charge in [0.15, 0.2) is 5.13 Å². The normalized spacial score (nSPS) is 14.9. The monoisotopic (exact) mass is 427 g/mol. The molecule has 0 spiro atoms. The maximum atomic E-state index is 13.2. The highest BCUT2D eigenvalue weighted by Crippen LogP contribution is 2.29. The van der Waals surface area contributed by atoms with Crippen molar-refractivity contribution in [2.24, 2.45) is 0 Å². The Kier molecular flexibility index (Phi) is 6.82. The van der Waals surface area contributed by atoms with E-state index in [2.05, 4.69) is 42.2 Å². The first-order valence-corrected chi connectivity index (χ1v) is 11.6. The van der Waals surface area contributed by atoms with Gasteiger partial charge in [-0.25, -0.2) is 4.98 Å². The third kappa shape index (κ3) is 5.36. The highest BCUT2D eigenvalue weighted by molar-refractivity contribution is 8.00. The lowest BCUT2D eigenvalue weighted by Gasteiger charge is -2.29. The van der Waals surface area contributed by atoms with Crippen LogP contribution in [-0.4, -0.2) is 60.9 Å². The van der Waals surface area contributed by atoms with Crippen LogP contribution in [0.1, 0.15) is 5.56 Å². The first kappa shape index (κ1) is 20.3. The summed E-state index contributed by atoms with van der Waals surface area (Å²) in [6, 6.07) is 16.4. The van der Waals surface area contributed by atoms with Crippen LogP contribution in [0.3, 0.4) is 0 Å². The summed E-state index contributed by atoms with van der Waals surface area (Å²) in [5.41, 5.74) is 2.17. The summed E-state index contributed by atoms with van der Waals surface area (Å²) in [5.74, 6) is 0.505. The second-order valence-corrected chi connectivity index (χ2v) is 9.12. The summed E-state index contributed by atoms with van der Waals surface area (Å²) in [6.07, 6.45) is 0. The molecule has 0 unspecified atom stereocenters. The molecule has 152 valence electrons. The zero-order valence-corrected chi connectivity index (χ0v) is 18.2. The van der Waals surface area contributed by atoms with Crippen LogP contribution < -0.4 is 4.90 Å². The molecule has 0 bridgehead atoms. The maximum absolute atomic E-state index is 13.2. The third-order valence-corrected chi connectivity index (χ3v) is 7.00. The Morgan fingerprint density at radius 3 is 2.69 bits per heavy atom. The van der Waals surface area contributed by atoms with Gasteiger partial charge in [-0.05, 0) is 31.2 Å². The molecule has 1 aromatic heterocycles. The molecule has 1 aliphatic heterocycles. The number of para-hydroxylation sites is 1. The molecular weight excluding hydrogens is 402 g/mol. The van der Waals surface area contributed by atoms with Crippen molar-refractivity contribution in [3.8, 4) is 0 Å². The first-order valence-electron chi connectivity index (χ1n) is 9.84. The quantitative estimate of drug-likeness (QED) is 0.532. The van der Waals surface area contributed by atoms with Crippen LogP contribution >= 0.6 is 23.1 Å². The number of nitrogens with zero attached hydrogens (tertiary/aromatic N) is 3. The predicted molar refractivity (Wildman–Crippen MR) is 121 cm³/mol. The fourth-order valence-electron chi connectivity index (χ4n) is 3.23. The van der Waals surface area contributed by atoms with E-state index in [4.69, 9.17) is 9.72 Å². The molecule has 1 amide bonds. The number of fused-ring (bicyclic) bond motifs is 1. The van der Waals surface area contributed by atoms with E-state index >= 15 is 0 Å². The lowest BCUT2D eigenvalue weighted by molar-refractivity contribution is -0.116. The lowest BCUT2D eigenvalue weighted by Crippen LogP contribution is -2.43. The average Bonchev–Trinajstić information content (AvgIpc) is 3.18. The molecule has 0 radical (unpaired) electrons. The Bertz CT molecular complexity index is 919. The van der Waals surface area contributed by atoms with Crippen LogP contribution in [0.5, 0.6) is 0 Å². The fraction of sp³-hybridized carbons (Fsp3) is 0.364. The number of ether oxygens (including phenoxy) is 1. The van der Waals surface area contributed by atoms with Gasteiger partial charge in [-0.3, -0.25) is 14.6 Å². The molecule has 2 aromatic carbocycles. The number of carbonyl (C=O) groups excluding carboxylic acids is 1. The molecular formula is C22H25N3O2S2. The second kappa shape index (κ2) is 9.71. The number of morpholine rings is 1. The lowest BCUT2D eigenvalue weighted by atomic mass is 10.2. The molecule has 5 nitrogen and oxygen atoms in total. The van der Waals surface area contributed by atoms with Crippen LogP contribution in [0.4, 0.5) is 5.13 Å². The molecule has 0 saturated carbocycles. The van der Waals surface area contributed by atoms with Gasteiger partial charge in [-0.1, -0.05) is 41.2 Å². The number of hydrogen-bond acceptors (Lipinski definition) is 6. The highest BCUT2D eigenvalue weighted by Gasteiger charge is 2.21. The molecule has 3 aromatic rings. The van der Waals surface area contributed by atoms with E-state index < -0.39 is 0 Å². The number of anilines is 1. The minimum Gasteiger partial charge on any atom is -0.379 e. The molecule has 1 fully saturated rings. The van der Waals surface area contributed by atoms with Crippen molar-refractivity contribution >= 4 is 44.4 Å². The largest absolute Gasteiger partial charge is 0.379 e. The van der Waals surface area contributed by atoms with Gasteiger partial charge < -0.3 is 4.74 Å². The molecule has 2 heterocycles. The second-order valence-electron chi connectivity index (χ2n) is 7.07. The third-order valence-electron chi connectivity index (χ3n) is 4.94. The Labute approximate surface area is 179 Å². The van der Waals surface area contributed by atoms with Gasteiger partial charge in [0.1, 0.15) is 0 Å². The molecule has 0 atom stereocenters. The van der Waals surface area contributed by atoms with E-state index in [1.54, 1.807) is 23.1 Å². The van der Waals surface area contributed by atoms with Crippen LogP contribution in [0, 0.1) is 6.92 Å². The average molecular weight is 428 g/mol. The number of rotatable bonds is 7. The van der Waals surface area contributed by atoms with E-state index in [-0.39, 0.29) is 5.91 Å². The minimum absolute atomic E-state index is 0.0999. The van der Waals surface area contributed by atoms with E-state index in [0.717, 1.165) is 53.1 Å². The van der Waals surface area contributed by atoms with Crippen molar-refractivity contribution in [1.29, 1.82) is 0 Å². The number of carbonyl (C=O) groups is 1. The number of amides is 1. The molecule has 7 heteroatoms. The van der Waals surface area contributed by atoms with Crippen LogP contribution in [-0.2, 0) is 9.53 Å². The van der Waals surface area contributed by atoms with E-state index in [1.807, 2.05) is 23.1 Å². The van der Waals surface area contributed by atoms with Crippen molar-refractivity contribution in [3.63, 3.8) is 0 Å². The minimum atomic E-state index is 0.0999. The SMILES string of the molecule is Cc1ccc(SCC(=O)N(CCN2CCOCC2)c2nc3ccccc3s2)cc1. The Morgan fingerprint density at radius 1 is 1.17 bits per heavy atom. The van der Waals surface area contributed by atoms with Crippen LogP contribution in [0.15, 0.2) is 53.4 Å². The summed E-state index contributed by atoms with van der Waals surface area (Å²) < 4.78 is 6.55. The number of aryl methyl sites for hydroxylation is 1. The van der Waals surface area contributed by atoms with Gasteiger partial charge >= 0.3 is 0 Å². The van der Waals surface area contributed by atoms with Gasteiger partial charge in [0.05, 0.1) is 29.2 Å². The van der Waals surface area contributed by atoms with Gasteiger partial charge in [-0.15, -0.1) is 11.8 Å². The van der Waals surface area contributed by atoms with E-state index in [9.17, 15) is 4.79 Å². The molecule has 29 heavy (non-hydrogen) atoms.